The third-order valence-corrected chi connectivity index (χ3v) is 12.1. The van der Waals surface area contributed by atoms with Gasteiger partial charge in [-0.2, -0.15) is 14.7 Å². The quantitative estimate of drug-likeness (QED) is 0.102. The van der Waals surface area contributed by atoms with Crippen molar-refractivity contribution < 1.29 is 14.6 Å². The second-order valence-corrected chi connectivity index (χ2v) is 16.3. The number of aryl methyl sites for hydroxylation is 1. The number of piperidine rings is 2. The number of rotatable bonds is 14. The van der Waals surface area contributed by atoms with Gasteiger partial charge in [-0.05, 0) is 86.9 Å². The molecule has 0 spiro atoms. The van der Waals surface area contributed by atoms with Crippen LogP contribution in [0.2, 0.25) is 0 Å². The molecule has 7 heterocycles. The van der Waals surface area contributed by atoms with E-state index in [1.54, 1.807) is 17.2 Å². The summed E-state index contributed by atoms with van der Waals surface area (Å²) in [6.07, 6.45) is 11.3. The van der Waals surface area contributed by atoms with E-state index in [9.17, 15) is 14.7 Å². The number of aliphatic hydroxyl groups excluding tert-OH is 1. The lowest BCUT2D eigenvalue weighted by atomic mass is 9.99. The molecule has 2 aliphatic rings. The first kappa shape index (κ1) is 41.3. The second-order valence-electron chi connectivity index (χ2n) is 16.3. The molecule has 16 nitrogen and oxygen atoms in total. The third kappa shape index (κ3) is 8.58. The van der Waals surface area contributed by atoms with Gasteiger partial charge in [-0.1, -0.05) is 37.8 Å². The molecule has 4 N–H and O–H groups in total. The monoisotopic (exact) mass is 848 g/mol. The molecule has 2 fully saturated rings. The number of carbonyl (C=O) groups excluding carboxylic acids is 1. The van der Waals surface area contributed by atoms with Crippen LogP contribution in [0.3, 0.4) is 0 Å². The number of carbonyl (C=O) groups is 1. The van der Waals surface area contributed by atoms with Gasteiger partial charge in [0.2, 0.25) is 0 Å². The smallest absolute Gasteiger partial charge is 0.251 e. The van der Waals surface area contributed by atoms with Crippen LogP contribution >= 0.6 is 0 Å². The topological polar surface area (TPSA) is 187 Å². The van der Waals surface area contributed by atoms with Gasteiger partial charge < -0.3 is 35.3 Å². The van der Waals surface area contributed by atoms with Crippen molar-refractivity contribution in [2.75, 3.05) is 42.2 Å². The zero-order valence-corrected chi connectivity index (χ0v) is 35.4. The summed E-state index contributed by atoms with van der Waals surface area (Å²) < 4.78 is 11.2. The maximum Gasteiger partial charge on any atom is 0.251 e. The van der Waals surface area contributed by atoms with E-state index in [1.807, 2.05) is 76.1 Å². The third-order valence-electron chi connectivity index (χ3n) is 12.1. The molecule has 2 aliphatic heterocycles. The van der Waals surface area contributed by atoms with Crippen LogP contribution in [-0.4, -0.2) is 87.1 Å². The highest BCUT2D eigenvalue weighted by molar-refractivity contribution is 5.98. The minimum absolute atomic E-state index is 0.0408. The van der Waals surface area contributed by atoms with E-state index in [0.717, 1.165) is 84.8 Å². The van der Waals surface area contributed by atoms with Crippen molar-refractivity contribution in [3.8, 4) is 22.8 Å². The van der Waals surface area contributed by atoms with E-state index < -0.39 is 0 Å². The fourth-order valence-electron chi connectivity index (χ4n) is 8.86. The van der Waals surface area contributed by atoms with Crippen molar-refractivity contribution in [2.24, 2.45) is 0 Å². The molecule has 2 aromatic carbocycles. The van der Waals surface area contributed by atoms with Crippen molar-refractivity contribution in [3.63, 3.8) is 0 Å². The number of pyridine rings is 1. The van der Waals surface area contributed by atoms with Crippen molar-refractivity contribution in [3.05, 3.63) is 125 Å². The van der Waals surface area contributed by atoms with E-state index in [1.165, 1.54) is 17.0 Å². The minimum Gasteiger partial charge on any atom is -0.457 e. The molecule has 1 unspecified atom stereocenters. The number of nitrogens with one attached hydrogen (secondary N) is 1. The Morgan fingerprint density at radius 1 is 0.984 bits per heavy atom. The van der Waals surface area contributed by atoms with Gasteiger partial charge in [0.25, 0.3) is 11.5 Å². The summed E-state index contributed by atoms with van der Waals surface area (Å²) in [6, 6.07) is 22.6. The Labute approximate surface area is 364 Å². The molecule has 63 heavy (non-hydrogen) atoms. The Morgan fingerprint density at radius 2 is 1.81 bits per heavy atom. The fourth-order valence-corrected chi connectivity index (χ4v) is 8.86. The number of amides is 1. The number of nitrogen functional groups attached to an aromatic ring is 1. The largest absolute Gasteiger partial charge is 0.457 e. The molecule has 324 valence electrons. The number of nitrogens with zero attached hydrogens (tertiary/aromatic N) is 10. The van der Waals surface area contributed by atoms with Crippen LogP contribution in [0, 0.1) is 0 Å². The van der Waals surface area contributed by atoms with Crippen molar-refractivity contribution in [2.45, 2.75) is 77.0 Å². The molecular formula is C47H52N12O4. The number of hydrogen-bond acceptors (Lipinski definition) is 12. The van der Waals surface area contributed by atoms with Crippen LogP contribution in [0.25, 0.3) is 27.9 Å². The van der Waals surface area contributed by atoms with E-state index in [4.69, 9.17) is 20.6 Å². The molecule has 0 aliphatic carbocycles. The number of para-hydroxylation sites is 1. The highest BCUT2D eigenvalue weighted by Gasteiger charge is 2.30. The molecule has 0 bridgehead atoms. The Hall–Kier alpha value is -7.07. The molecule has 16 heteroatoms. The van der Waals surface area contributed by atoms with Crippen LogP contribution in [0.5, 0.6) is 11.5 Å². The SMILES string of the molecule is C=C(Cn1cc(CNc2cc(N3CCCC[C@H]3CCO)nc3c(CC)cnn23)ccc1=O)C(=O)N1CCCC(n2nc(-c3ccc(Oc4ccccc4)cc3)c3c(N)ncnc32)C1. The normalized spacial score (nSPS) is 16.7. The van der Waals surface area contributed by atoms with Gasteiger partial charge in [0.15, 0.2) is 11.3 Å². The first-order chi connectivity index (χ1) is 30.8. The number of likely N-dealkylation sites (tertiary alicyclic amines) is 1. The summed E-state index contributed by atoms with van der Waals surface area (Å²) in [5.41, 5.74) is 11.3. The van der Waals surface area contributed by atoms with Crippen LogP contribution in [-0.2, 0) is 24.3 Å². The van der Waals surface area contributed by atoms with Gasteiger partial charge in [0.05, 0.1) is 24.2 Å². The average Bonchev–Trinajstić information content (AvgIpc) is 3.93. The highest BCUT2D eigenvalue weighted by Crippen LogP contribution is 2.35. The van der Waals surface area contributed by atoms with Gasteiger partial charge >= 0.3 is 0 Å². The Morgan fingerprint density at radius 3 is 2.62 bits per heavy atom. The second kappa shape index (κ2) is 18.1. The molecule has 2 saturated heterocycles. The van der Waals surface area contributed by atoms with Gasteiger partial charge in [0.1, 0.15) is 41.0 Å². The summed E-state index contributed by atoms with van der Waals surface area (Å²) in [4.78, 5) is 45.3. The maximum atomic E-state index is 14.0. The van der Waals surface area contributed by atoms with E-state index in [2.05, 4.69) is 38.8 Å². The molecule has 5 aromatic heterocycles. The number of benzene rings is 2. The summed E-state index contributed by atoms with van der Waals surface area (Å²) in [5, 5.41) is 23.7. The summed E-state index contributed by atoms with van der Waals surface area (Å²) in [5.74, 6) is 3.16. The number of fused-ring (bicyclic) bond motifs is 2. The molecular weight excluding hydrogens is 797 g/mol. The Balaban J connectivity index is 0.894. The van der Waals surface area contributed by atoms with E-state index in [-0.39, 0.29) is 36.7 Å². The van der Waals surface area contributed by atoms with Gasteiger partial charge in [-0.3, -0.25) is 9.59 Å². The van der Waals surface area contributed by atoms with Crippen molar-refractivity contribution in [1.82, 2.24) is 43.8 Å². The summed E-state index contributed by atoms with van der Waals surface area (Å²) in [6.45, 7) is 8.64. The van der Waals surface area contributed by atoms with Gasteiger partial charge in [-0.15, -0.1) is 0 Å². The van der Waals surface area contributed by atoms with Crippen molar-refractivity contribution >= 4 is 40.0 Å². The lowest BCUT2D eigenvalue weighted by Gasteiger charge is -2.36. The van der Waals surface area contributed by atoms with Crippen LogP contribution in [0.4, 0.5) is 17.5 Å². The van der Waals surface area contributed by atoms with Crippen LogP contribution in [0.15, 0.2) is 108 Å². The van der Waals surface area contributed by atoms with Gasteiger partial charge in [0, 0.05) is 73.9 Å². The molecule has 0 saturated carbocycles. The van der Waals surface area contributed by atoms with E-state index in [0.29, 0.717) is 59.9 Å². The fraction of sp³-hybridized carbons (Fsp3) is 0.340. The van der Waals surface area contributed by atoms with Gasteiger partial charge in [-0.25, -0.2) is 19.6 Å². The van der Waals surface area contributed by atoms with Crippen LogP contribution in [0.1, 0.15) is 62.6 Å². The molecule has 9 rings (SSSR count). The number of aliphatic hydroxyl groups is 1. The molecule has 1 amide bonds. The average molecular weight is 849 g/mol. The zero-order chi connectivity index (χ0) is 43.5. The predicted octanol–water partition coefficient (Wildman–Crippen LogP) is 6.41. The standard InChI is InChI=1S/C47H52N12O4/c1-3-33-26-52-59-39(24-40(53-45(33)59)57-22-8-7-10-35(57)20-23-60)49-25-32-14-19-41(61)56(28-32)27-31(2)47(62)55-21-9-11-36(29-55)58-46-42(44(48)50-30-51-46)43(54-58)34-15-17-38(18-16-34)63-37-12-5-4-6-13-37/h4-6,12-19,24,26,28,30,35-36,49,60H,2-3,7-11,20-23,25,27,29H2,1H3,(H2,48,50,51)/t35-,36?/m0/s1. The molecule has 7 aromatic rings. The van der Waals surface area contributed by atoms with Crippen molar-refractivity contribution in [1.29, 1.82) is 0 Å². The summed E-state index contributed by atoms with van der Waals surface area (Å²) >= 11 is 0. The first-order valence-corrected chi connectivity index (χ1v) is 21.8. The summed E-state index contributed by atoms with van der Waals surface area (Å²) in [7, 11) is 0. The minimum atomic E-state index is -0.232. The number of aromatic nitrogens is 8. The first-order valence-electron chi connectivity index (χ1n) is 21.8. The number of anilines is 3. The predicted molar refractivity (Wildman–Crippen MR) is 243 cm³/mol. The van der Waals surface area contributed by atoms with Crippen LogP contribution < -0.4 is 26.2 Å². The lowest BCUT2D eigenvalue weighted by molar-refractivity contribution is -0.129. The highest BCUT2D eigenvalue weighted by atomic mass is 16.5. The number of nitrogens with two attached hydrogens (primary N) is 1. The van der Waals surface area contributed by atoms with E-state index >= 15 is 0 Å². The molecule has 2 atom stereocenters. The lowest BCUT2D eigenvalue weighted by Crippen LogP contribution is -2.42. The maximum absolute atomic E-state index is 14.0. The number of hydrogen-bond donors (Lipinski definition) is 3. The number of ether oxygens (including phenoxy) is 1. The zero-order valence-electron chi connectivity index (χ0n) is 35.4. The Bertz CT molecular complexity index is 2820. The molecule has 0 radical (unpaired) electrons. The Kier molecular flexibility index (Phi) is 11.9.